The molecule has 1 heterocycles. The molecule has 0 atom stereocenters. The maximum absolute atomic E-state index is 5.22. The molecule has 0 saturated heterocycles. The summed E-state index contributed by atoms with van der Waals surface area (Å²) in [4.78, 5) is 0. The van der Waals surface area contributed by atoms with E-state index in [4.69, 9.17) is 10.5 Å². The highest BCUT2D eigenvalue weighted by Crippen LogP contribution is 2.16. The van der Waals surface area contributed by atoms with Gasteiger partial charge in [0.15, 0.2) is 6.26 Å². The van der Waals surface area contributed by atoms with E-state index in [9.17, 15) is 0 Å². The Labute approximate surface area is 46.2 Å². The van der Waals surface area contributed by atoms with Crippen LogP contribution in [0.3, 0.4) is 0 Å². The van der Waals surface area contributed by atoms with E-state index in [0.717, 1.165) is 0 Å². The molecule has 1 aromatic rings. The smallest absolute Gasteiger partial charge is 0.209 e. The highest BCUT2D eigenvalue weighted by molar-refractivity contribution is 5.41. The molecule has 0 aliphatic carbocycles. The third-order valence-corrected chi connectivity index (χ3v) is 0.783. The molecule has 44 valence electrons. The molecule has 0 unspecified atom stereocenters. The van der Waals surface area contributed by atoms with Crippen LogP contribution < -0.4 is 10.5 Å². The van der Waals surface area contributed by atoms with Gasteiger partial charge >= 0.3 is 0 Å². The van der Waals surface area contributed by atoms with Gasteiger partial charge in [-0.1, -0.05) is 5.16 Å². The Bertz CT molecular complexity index is 172. The molecule has 4 heteroatoms. The van der Waals surface area contributed by atoms with Crippen LogP contribution in [0.4, 0.5) is 5.82 Å². The van der Waals surface area contributed by atoms with E-state index in [1.54, 1.807) is 0 Å². The van der Waals surface area contributed by atoms with Gasteiger partial charge in [-0.25, -0.2) is 0 Å². The molecule has 2 N–H and O–H groups in total. The van der Waals surface area contributed by atoms with Crippen molar-refractivity contribution >= 4 is 5.82 Å². The molecule has 4 nitrogen and oxygen atoms in total. The third kappa shape index (κ3) is 0.598. The lowest BCUT2D eigenvalue weighted by atomic mass is 10.6. The van der Waals surface area contributed by atoms with Crippen LogP contribution in [0.25, 0.3) is 0 Å². The minimum absolute atomic E-state index is 0.285. The molecular formula is C4H6N2O2. The first-order valence-electron chi connectivity index (χ1n) is 2.08. The van der Waals surface area contributed by atoms with Crippen molar-refractivity contribution in [2.45, 2.75) is 0 Å². The Morgan fingerprint density at radius 3 is 2.88 bits per heavy atom. The lowest BCUT2D eigenvalue weighted by molar-refractivity contribution is 0.390. The Kier molecular flexibility index (Phi) is 1.07. The fourth-order valence-corrected chi connectivity index (χ4v) is 0.389. The van der Waals surface area contributed by atoms with Crippen molar-refractivity contribution in [3.8, 4) is 5.75 Å². The first-order valence-corrected chi connectivity index (χ1v) is 2.08. The Balaban J connectivity index is 2.92. The quantitative estimate of drug-likeness (QED) is 0.569. The van der Waals surface area contributed by atoms with Crippen molar-refractivity contribution in [2.24, 2.45) is 0 Å². The van der Waals surface area contributed by atoms with Crippen molar-refractivity contribution < 1.29 is 9.26 Å². The van der Waals surface area contributed by atoms with E-state index >= 15 is 0 Å². The summed E-state index contributed by atoms with van der Waals surface area (Å²) in [5, 5.41) is 3.37. The Hall–Kier alpha value is -1.19. The number of anilines is 1. The van der Waals surface area contributed by atoms with Crippen LogP contribution in [0.2, 0.25) is 0 Å². The van der Waals surface area contributed by atoms with Crippen molar-refractivity contribution in [3.05, 3.63) is 6.26 Å². The number of methoxy groups -OCH3 is 1. The van der Waals surface area contributed by atoms with E-state index in [1.165, 1.54) is 13.4 Å². The van der Waals surface area contributed by atoms with Crippen LogP contribution >= 0.6 is 0 Å². The molecule has 0 amide bonds. The number of hydrogen-bond acceptors (Lipinski definition) is 4. The molecule has 1 aromatic heterocycles. The number of hydrogen-bond donors (Lipinski definition) is 1. The topological polar surface area (TPSA) is 61.3 Å². The van der Waals surface area contributed by atoms with Crippen LogP contribution in [0.15, 0.2) is 10.8 Å². The number of rotatable bonds is 1. The molecule has 0 fully saturated rings. The first kappa shape index (κ1) is 4.96. The summed E-state index contributed by atoms with van der Waals surface area (Å²) in [6, 6.07) is 0. The number of aromatic nitrogens is 1. The van der Waals surface area contributed by atoms with E-state index in [0.29, 0.717) is 5.75 Å². The predicted octanol–water partition coefficient (Wildman–Crippen LogP) is 0.265. The van der Waals surface area contributed by atoms with Gasteiger partial charge in [0.1, 0.15) is 0 Å². The van der Waals surface area contributed by atoms with Crippen LogP contribution in [0.5, 0.6) is 5.75 Å². The fraction of sp³-hybridized carbons (Fsp3) is 0.250. The minimum atomic E-state index is 0.285. The Morgan fingerprint density at radius 1 is 1.88 bits per heavy atom. The van der Waals surface area contributed by atoms with Crippen LogP contribution in [-0.2, 0) is 0 Å². The molecule has 0 saturated carbocycles. The zero-order valence-corrected chi connectivity index (χ0v) is 4.42. The maximum atomic E-state index is 5.22. The van der Waals surface area contributed by atoms with Crippen molar-refractivity contribution in [3.63, 3.8) is 0 Å². The zero-order valence-electron chi connectivity index (χ0n) is 4.42. The SMILES string of the molecule is COc1conc1N. The molecule has 0 spiro atoms. The first-order chi connectivity index (χ1) is 3.84. The van der Waals surface area contributed by atoms with Crippen molar-refractivity contribution in [1.29, 1.82) is 0 Å². The number of ether oxygens (including phenoxy) is 1. The van der Waals surface area contributed by atoms with Gasteiger partial charge in [-0.3, -0.25) is 0 Å². The summed E-state index contributed by atoms with van der Waals surface area (Å²) < 4.78 is 9.14. The average Bonchev–Trinajstić information content (AvgIpc) is 2.14. The van der Waals surface area contributed by atoms with Gasteiger partial charge in [0.05, 0.1) is 7.11 Å². The highest BCUT2D eigenvalue weighted by atomic mass is 16.5. The van der Waals surface area contributed by atoms with Gasteiger partial charge in [-0.2, -0.15) is 0 Å². The predicted molar refractivity (Wildman–Crippen MR) is 27.5 cm³/mol. The highest BCUT2D eigenvalue weighted by Gasteiger charge is 1.99. The van der Waals surface area contributed by atoms with E-state index < -0.39 is 0 Å². The molecule has 1 rings (SSSR count). The fourth-order valence-electron chi connectivity index (χ4n) is 0.389. The van der Waals surface area contributed by atoms with Gasteiger partial charge < -0.3 is 15.0 Å². The van der Waals surface area contributed by atoms with Gasteiger partial charge in [0.25, 0.3) is 0 Å². The summed E-state index contributed by atoms with van der Waals surface area (Å²) in [5.41, 5.74) is 5.22. The largest absolute Gasteiger partial charge is 0.490 e. The second-order valence-electron chi connectivity index (χ2n) is 1.27. The second-order valence-corrected chi connectivity index (χ2v) is 1.27. The van der Waals surface area contributed by atoms with Crippen LogP contribution in [-0.4, -0.2) is 12.3 Å². The lowest BCUT2D eigenvalue weighted by Gasteiger charge is -1.88. The third-order valence-electron chi connectivity index (χ3n) is 0.783. The molecule has 8 heavy (non-hydrogen) atoms. The Morgan fingerprint density at radius 2 is 2.62 bits per heavy atom. The summed E-state index contributed by atoms with van der Waals surface area (Å²) in [5.74, 6) is 0.762. The standard InChI is InChI=1S/C4H6N2O2/c1-7-3-2-8-6-4(3)5/h2H,1H3,(H2,5,6). The maximum Gasteiger partial charge on any atom is 0.209 e. The minimum Gasteiger partial charge on any atom is -0.490 e. The number of nitrogens with two attached hydrogens (primary N) is 1. The molecule has 0 bridgehead atoms. The van der Waals surface area contributed by atoms with Gasteiger partial charge in [0.2, 0.25) is 11.6 Å². The summed E-state index contributed by atoms with van der Waals surface area (Å²) >= 11 is 0. The lowest BCUT2D eigenvalue weighted by Crippen LogP contribution is -1.88. The monoisotopic (exact) mass is 114 g/mol. The normalized spacial score (nSPS) is 9.12. The number of nitrogen functional groups attached to an aromatic ring is 1. The second kappa shape index (κ2) is 1.73. The average molecular weight is 114 g/mol. The van der Waals surface area contributed by atoms with Crippen LogP contribution in [0, 0.1) is 0 Å². The van der Waals surface area contributed by atoms with Gasteiger partial charge in [-0.05, 0) is 0 Å². The molecule has 0 aliphatic rings. The molecule has 0 aromatic carbocycles. The van der Waals surface area contributed by atoms with E-state index in [-0.39, 0.29) is 5.82 Å². The van der Waals surface area contributed by atoms with E-state index in [2.05, 4.69) is 9.68 Å². The van der Waals surface area contributed by atoms with Crippen LogP contribution in [0.1, 0.15) is 0 Å². The molecular weight excluding hydrogens is 108 g/mol. The number of nitrogens with zero attached hydrogens (tertiary/aromatic N) is 1. The summed E-state index contributed by atoms with van der Waals surface area (Å²) in [6.45, 7) is 0. The molecule has 0 radical (unpaired) electrons. The van der Waals surface area contributed by atoms with E-state index in [1.807, 2.05) is 0 Å². The van der Waals surface area contributed by atoms with Gasteiger partial charge in [0, 0.05) is 0 Å². The van der Waals surface area contributed by atoms with Crippen molar-refractivity contribution in [2.75, 3.05) is 12.8 Å². The summed E-state index contributed by atoms with van der Waals surface area (Å²) in [6.07, 6.45) is 1.34. The zero-order chi connectivity index (χ0) is 5.98. The molecule has 0 aliphatic heterocycles. The van der Waals surface area contributed by atoms with Crippen molar-refractivity contribution in [1.82, 2.24) is 5.16 Å². The summed E-state index contributed by atoms with van der Waals surface area (Å²) in [7, 11) is 1.50. The van der Waals surface area contributed by atoms with Gasteiger partial charge in [-0.15, -0.1) is 0 Å².